The summed E-state index contributed by atoms with van der Waals surface area (Å²) in [5, 5.41) is 19.3. The molecule has 15 nitrogen and oxygen atoms in total. The number of esters is 2. The molecule has 0 bridgehead atoms. The molecular weight excluding hydrogens is 689 g/mol. The summed E-state index contributed by atoms with van der Waals surface area (Å²) in [7, 11) is -6.52. The minimum absolute atomic E-state index is 0.0237. The number of nitrogens with one attached hydrogen (secondary N) is 3. The van der Waals surface area contributed by atoms with Crippen LogP contribution in [0.3, 0.4) is 0 Å². The van der Waals surface area contributed by atoms with Gasteiger partial charge >= 0.3 is 11.9 Å². The summed E-state index contributed by atoms with van der Waals surface area (Å²) in [5.41, 5.74) is 6.43. The van der Waals surface area contributed by atoms with Crippen molar-refractivity contribution < 1.29 is 40.7 Å². The Morgan fingerprint density at radius 1 is 0.860 bits per heavy atom. The summed E-state index contributed by atoms with van der Waals surface area (Å²) in [6.45, 7) is 3.10. The maximum atomic E-state index is 13.7. The predicted molar refractivity (Wildman–Crippen MR) is 184 cm³/mol. The third-order valence-electron chi connectivity index (χ3n) is 10.8. The normalized spacial score (nSPS) is 23.4. The van der Waals surface area contributed by atoms with Crippen molar-refractivity contribution in [3.8, 4) is 0 Å². The van der Waals surface area contributed by atoms with Gasteiger partial charge in [0.25, 0.3) is 5.91 Å². The number of carbonyl (C=O) groups is 3. The summed E-state index contributed by atoms with van der Waals surface area (Å²) in [6.07, 6.45) is 5.79. The molecule has 0 atom stereocenters. The molecule has 2 heterocycles. The van der Waals surface area contributed by atoms with Crippen molar-refractivity contribution in [2.75, 3.05) is 52.5 Å². The van der Waals surface area contributed by atoms with Crippen LogP contribution in [-0.2, 0) is 43.5 Å². The molecule has 4 saturated carbocycles. The van der Waals surface area contributed by atoms with E-state index in [-0.39, 0.29) is 79.7 Å². The Kier molecular flexibility index (Phi) is 9.98. The second kappa shape index (κ2) is 13.7. The molecule has 6 aliphatic rings. The van der Waals surface area contributed by atoms with Gasteiger partial charge < -0.3 is 25.4 Å². The van der Waals surface area contributed by atoms with Gasteiger partial charge in [-0.1, -0.05) is 0 Å². The van der Waals surface area contributed by atoms with E-state index in [0.29, 0.717) is 69.3 Å². The van der Waals surface area contributed by atoms with Crippen LogP contribution in [0.5, 0.6) is 0 Å². The lowest BCUT2D eigenvalue weighted by atomic mass is 9.99. The molecule has 2 aliphatic heterocycles. The number of ether oxygens (including phenoxy) is 2. The predicted octanol–water partition coefficient (Wildman–Crippen LogP) is 0.736. The largest absolute Gasteiger partial charge is 0.461 e. The summed E-state index contributed by atoms with van der Waals surface area (Å²) in [5.74, 6) is -2.20. The number of nitrogens with two attached hydrogens (primary N) is 1. The fourth-order valence-corrected chi connectivity index (χ4v) is 12.1. The van der Waals surface area contributed by atoms with Crippen LogP contribution in [0.2, 0.25) is 0 Å². The summed E-state index contributed by atoms with van der Waals surface area (Å²) in [6, 6.07) is 0. The number of amides is 1. The zero-order valence-electron chi connectivity index (χ0n) is 28.6. The first kappa shape index (κ1) is 36.5. The van der Waals surface area contributed by atoms with E-state index in [0.717, 1.165) is 12.8 Å². The molecule has 0 spiro atoms. The van der Waals surface area contributed by atoms with Crippen LogP contribution >= 0.6 is 0 Å². The van der Waals surface area contributed by atoms with Gasteiger partial charge in [-0.3, -0.25) is 20.5 Å². The van der Waals surface area contributed by atoms with E-state index in [9.17, 15) is 31.2 Å². The molecule has 17 heteroatoms. The molecule has 0 aromatic rings. The van der Waals surface area contributed by atoms with Crippen molar-refractivity contribution in [1.82, 2.24) is 15.1 Å². The van der Waals surface area contributed by atoms with E-state index in [2.05, 4.69) is 5.32 Å². The Morgan fingerprint density at radius 3 is 1.94 bits per heavy atom. The van der Waals surface area contributed by atoms with Gasteiger partial charge in [0.05, 0.1) is 33.2 Å². The zero-order valence-corrected chi connectivity index (χ0v) is 30.2. The number of sulfone groups is 2. The lowest BCUT2D eigenvalue weighted by Gasteiger charge is -2.33. The fourth-order valence-electron chi connectivity index (χ4n) is 7.15. The average molecular weight is 737 g/mol. The van der Waals surface area contributed by atoms with Gasteiger partial charge in [0.15, 0.2) is 19.7 Å². The summed E-state index contributed by atoms with van der Waals surface area (Å²) >= 11 is 0. The summed E-state index contributed by atoms with van der Waals surface area (Å²) < 4.78 is 60.8. The van der Waals surface area contributed by atoms with Crippen molar-refractivity contribution in [3.05, 3.63) is 22.5 Å². The third-order valence-corrected chi connectivity index (χ3v) is 17.0. The van der Waals surface area contributed by atoms with Crippen LogP contribution in [-0.4, -0.2) is 128 Å². The highest BCUT2D eigenvalue weighted by molar-refractivity contribution is 7.94. The van der Waals surface area contributed by atoms with Crippen LogP contribution in [0.25, 0.3) is 0 Å². The lowest BCUT2D eigenvalue weighted by molar-refractivity contribution is -0.136. The molecule has 0 aromatic carbocycles. The molecule has 4 fully saturated rings. The Hall–Kier alpha value is -3.31. The van der Waals surface area contributed by atoms with Crippen LogP contribution in [0.4, 0.5) is 0 Å². The van der Waals surface area contributed by atoms with Crippen molar-refractivity contribution in [3.63, 3.8) is 0 Å². The number of rotatable bonds is 18. The first-order chi connectivity index (χ1) is 23.7. The fraction of sp³-hybridized carbons (Fsp3) is 0.727. The van der Waals surface area contributed by atoms with E-state index in [1.807, 2.05) is 4.90 Å². The van der Waals surface area contributed by atoms with Crippen molar-refractivity contribution in [2.45, 2.75) is 97.5 Å². The van der Waals surface area contributed by atoms with Crippen LogP contribution in [0.1, 0.15) is 77.6 Å². The van der Waals surface area contributed by atoms with Gasteiger partial charge in [-0.25, -0.2) is 26.4 Å². The number of hydrogen-bond acceptors (Lipinski definition) is 14. The number of nitrogens with zero attached hydrogens (tertiary/aromatic N) is 2. The Balaban J connectivity index is 1.02. The van der Waals surface area contributed by atoms with Crippen molar-refractivity contribution in [1.29, 1.82) is 10.8 Å². The molecule has 0 aromatic heterocycles. The van der Waals surface area contributed by atoms with E-state index in [1.54, 1.807) is 6.92 Å². The third kappa shape index (κ3) is 7.09. The SMILES string of the molecule is CCOC(=O)C(=N)C1=C(NCCCOC(=O)C(=N)C2=C(N)CN(CC3(S(=O)(=O)C4CC4)CC3)CC2)C(=O)N(CC2(S(=O)(=O)C3CC3)CC2)CC1. The van der Waals surface area contributed by atoms with Gasteiger partial charge in [-0.05, 0) is 77.6 Å². The first-order valence-corrected chi connectivity index (χ1v) is 20.7. The molecule has 1 amide bonds. The second-order valence-corrected chi connectivity index (χ2v) is 19.8. The topological polar surface area (TPSA) is 230 Å². The Labute approximate surface area is 293 Å². The van der Waals surface area contributed by atoms with Gasteiger partial charge in [-0.15, -0.1) is 0 Å². The lowest BCUT2D eigenvalue weighted by Crippen LogP contribution is -2.49. The molecule has 0 saturated heterocycles. The second-order valence-electron chi connectivity index (χ2n) is 14.5. The standard InChI is InChI=1S/C33H48N6O9S2/c1-2-47-30(41)27(36)24-9-16-39(20-33(12-13-33)50(45,46)22-6-7-22)29(40)28(24)37-14-3-17-48-31(42)26(35)23-8-15-38(18-25(23)34)19-32(10-11-32)49(43,44)21-4-5-21/h21-22,35-37H,2-20,34H2,1H3. The van der Waals surface area contributed by atoms with E-state index < -0.39 is 52.7 Å². The molecule has 276 valence electrons. The molecule has 0 radical (unpaired) electrons. The van der Waals surface area contributed by atoms with Crippen molar-refractivity contribution >= 4 is 48.9 Å². The molecule has 50 heavy (non-hydrogen) atoms. The molecule has 6 rings (SSSR count). The van der Waals surface area contributed by atoms with Gasteiger partial charge in [0.2, 0.25) is 0 Å². The zero-order chi connectivity index (χ0) is 36.1. The average Bonchev–Trinajstić information content (AvgIpc) is 3.87. The highest BCUT2D eigenvalue weighted by atomic mass is 32.2. The van der Waals surface area contributed by atoms with Crippen molar-refractivity contribution in [2.24, 2.45) is 5.73 Å². The monoisotopic (exact) mass is 736 g/mol. The van der Waals surface area contributed by atoms with E-state index in [1.165, 1.54) is 4.90 Å². The number of carbonyl (C=O) groups excluding carboxylic acids is 3. The molecular formula is C33H48N6O9S2. The minimum Gasteiger partial charge on any atom is -0.461 e. The summed E-state index contributed by atoms with van der Waals surface area (Å²) in [4.78, 5) is 42.4. The van der Waals surface area contributed by atoms with Gasteiger partial charge in [0, 0.05) is 56.1 Å². The van der Waals surface area contributed by atoms with Gasteiger partial charge in [0.1, 0.15) is 17.1 Å². The van der Waals surface area contributed by atoms with E-state index >= 15 is 0 Å². The van der Waals surface area contributed by atoms with Crippen LogP contribution < -0.4 is 11.1 Å². The smallest absolute Gasteiger partial charge is 0.356 e. The molecule has 5 N–H and O–H groups in total. The minimum atomic E-state index is -3.36. The first-order valence-electron chi connectivity index (χ1n) is 17.6. The van der Waals surface area contributed by atoms with E-state index in [4.69, 9.17) is 26.0 Å². The maximum Gasteiger partial charge on any atom is 0.356 e. The molecule has 4 aliphatic carbocycles. The Morgan fingerprint density at radius 2 is 1.40 bits per heavy atom. The van der Waals surface area contributed by atoms with Gasteiger partial charge in [-0.2, -0.15) is 0 Å². The highest BCUT2D eigenvalue weighted by Crippen LogP contribution is 2.52. The van der Waals surface area contributed by atoms with Crippen LogP contribution in [0, 0.1) is 10.8 Å². The van der Waals surface area contributed by atoms with Crippen LogP contribution in [0.15, 0.2) is 22.5 Å². The maximum absolute atomic E-state index is 13.7. The Bertz CT molecular complexity index is 1750. The quantitative estimate of drug-likeness (QED) is 0.0868. The highest BCUT2D eigenvalue weighted by Gasteiger charge is 2.61. The molecule has 0 unspecified atom stereocenters. The number of hydrogen-bond donors (Lipinski definition) is 4.